The van der Waals surface area contributed by atoms with Gasteiger partial charge >= 0.3 is 0 Å². The van der Waals surface area contributed by atoms with Gasteiger partial charge in [0.2, 0.25) is 0 Å². The van der Waals surface area contributed by atoms with Crippen molar-refractivity contribution in [2.24, 2.45) is 0 Å². The van der Waals surface area contributed by atoms with E-state index in [1.807, 2.05) is 11.8 Å². The third kappa shape index (κ3) is 1.41. The van der Waals surface area contributed by atoms with Crippen LogP contribution in [0.4, 0.5) is 0 Å². The highest BCUT2D eigenvalue weighted by atomic mass is 32.2. The maximum atomic E-state index is 2.28. The number of thioether (sulfide) groups is 1. The van der Waals surface area contributed by atoms with Crippen LogP contribution in [0.1, 0.15) is 12.8 Å². The van der Waals surface area contributed by atoms with Crippen molar-refractivity contribution in [1.29, 1.82) is 0 Å². The minimum atomic E-state index is 1.14. The molecule has 0 bridgehead atoms. The lowest BCUT2D eigenvalue weighted by Crippen LogP contribution is -1.78. The first kappa shape index (κ1) is 5.96. The quantitative estimate of drug-likeness (QED) is 0.487. The SMILES string of the molecule is CSC1=CCC=CC1. The van der Waals surface area contributed by atoms with Gasteiger partial charge in [0.05, 0.1) is 0 Å². The second-order valence-corrected chi connectivity index (χ2v) is 2.72. The third-order valence-corrected chi connectivity index (χ3v) is 2.09. The molecule has 1 heteroatoms. The maximum absolute atomic E-state index is 2.28. The Balaban J connectivity index is 2.43. The van der Waals surface area contributed by atoms with Gasteiger partial charge in [-0.25, -0.2) is 0 Å². The Morgan fingerprint density at radius 2 is 2.38 bits per heavy atom. The minimum Gasteiger partial charge on any atom is -0.134 e. The minimum absolute atomic E-state index is 1.14. The van der Waals surface area contributed by atoms with Crippen molar-refractivity contribution < 1.29 is 0 Å². The lowest BCUT2D eigenvalue weighted by Gasteiger charge is -2.02. The van der Waals surface area contributed by atoms with E-state index in [0.717, 1.165) is 12.8 Å². The van der Waals surface area contributed by atoms with Gasteiger partial charge in [-0.3, -0.25) is 0 Å². The first-order valence-corrected chi connectivity index (χ1v) is 4.04. The predicted molar refractivity (Wildman–Crippen MR) is 40.0 cm³/mol. The van der Waals surface area contributed by atoms with Crippen molar-refractivity contribution in [3.8, 4) is 0 Å². The molecule has 0 unspecified atom stereocenters. The van der Waals surface area contributed by atoms with E-state index < -0.39 is 0 Å². The van der Waals surface area contributed by atoms with Crippen LogP contribution in [0.2, 0.25) is 0 Å². The van der Waals surface area contributed by atoms with E-state index in [1.165, 1.54) is 4.91 Å². The summed E-state index contributed by atoms with van der Waals surface area (Å²) in [6.45, 7) is 0. The van der Waals surface area contributed by atoms with Gasteiger partial charge < -0.3 is 0 Å². The lowest BCUT2D eigenvalue weighted by molar-refractivity contribution is 1.21. The maximum Gasteiger partial charge on any atom is -0.00404 e. The fourth-order valence-corrected chi connectivity index (χ4v) is 1.27. The van der Waals surface area contributed by atoms with E-state index in [2.05, 4.69) is 24.5 Å². The van der Waals surface area contributed by atoms with Gasteiger partial charge in [-0.2, -0.15) is 0 Å². The normalized spacial score (nSPS) is 18.4. The molecular formula is C7H10S. The zero-order valence-corrected chi connectivity index (χ0v) is 5.87. The molecule has 0 aromatic heterocycles. The fraction of sp³-hybridized carbons (Fsp3) is 0.429. The molecule has 1 aliphatic carbocycles. The summed E-state index contributed by atoms with van der Waals surface area (Å²) in [4.78, 5) is 1.51. The number of hydrogen-bond acceptors (Lipinski definition) is 1. The van der Waals surface area contributed by atoms with Crippen molar-refractivity contribution in [2.75, 3.05) is 6.26 Å². The van der Waals surface area contributed by atoms with Crippen LogP contribution in [0.25, 0.3) is 0 Å². The van der Waals surface area contributed by atoms with E-state index in [4.69, 9.17) is 0 Å². The van der Waals surface area contributed by atoms with E-state index in [0.29, 0.717) is 0 Å². The molecule has 0 nitrogen and oxygen atoms in total. The Kier molecular flexibility index (Phi) is 2.22. The van der Waals surface area contributed by atoms with Crippen molar-refractivity contribution in [1.82, 2.24) is 0 Å². The van der Waals surface area contributed by atoms with Crippen LogP contribution in [0.15, 0.2) is 23.1 Å². The van der Waals surface area contributed by atoms with Gasteiger partial charge in [0, 0.05) is 0 Å². The van der Waals surface area contributed by atoms with Gasteiger partial charge in [-0.1, -0.05) is 18.2 Å². The monoisotopic (exact) mass is 126 g/mol. The van der Waals surface area contributed by atoms with Crippen LogP contribution in [0.3, 0.4) is 0 Å². The molecule has 1 aliphatic rings. The zero-order chi connectivity index (χ0) is 5.82. The molecule has 0 saturated heterocycles. The standard InChI is InChI=1S/C7H10S/c1-8-7-5-3-2-4-6-7/h2-3,6H,4-5H2,1H3. The molecule has 1 rings (SSSR count). The topological polar surface area (TPSA) is 0 Å². The molecule has 0 radical (unpaired) electrons. The van der Waals surface area contributed by atoms with Crippen LogP contribution in [0, 0.1) is 0 Å². The summed E-state index contributed by atoms with van der Waals surface area (Å²) >= 11 is 1.86. The van der Waals surface area contributed by atoms with Crippen LogP contribution in [-0.4, -0.2) is 6.26 Å². The van der Waals surface area contributed by atoms with Crippen molar-refractivity contribution >= 4 is 11.8 Å². The summed E-state index contributed by atoms with van der Waals surface area (Å²) in [5.74, 6) is 0. The number of hydrogen-bond donors (Lipinski definition) is 0. The number of allylic oxidation sites excluding steroid dienone is 4. The molecule has 0 spiro atoms. The molecule has 0 atom stereocenters. The summed E-state index contributed by atoms with van der Waals surface area (Å²) in [5, 5.41) is 0. The second kappa shape index (κ2) is 2.98. The molecule has 0 aromatic carbocycles. The van der Waals surface area contributed by atoms with E-state index in [1.54, 1.807) is 0 Å². The summed E-state index contributed by atoms with van der Waals surface area (Å²) in [6, 6.07) is 0. The molecule has 0 amide bonds. The molecule has 0 N–H and O–H groups in total. The van der Waals surface area contributed by atoms with E-state index >= 15 is 0 Å². The highest BCUT2D eigenvalue weighted by Gasteiger charge is 1.93. The molecule has 44 valence electrons. The summed E-state index contributed by atoms with van der Waals surface area (Å²) in [7, 11) is 0. The highest BCUT2D eigenvalue weighted by molar-refractivity contribution is 8.02. The first-order valence-electron chi connectivity index (χ1n) is 2.81. The van der Waals surface area contributed by atoms with Gasteiger partial charge in [0.1, 0.15) is 0 Å². The molecule has 0 fully saturated rings. The average Bonchev–Trinajstić information content (AvgIpc) is 1.90. The van der Waals surface area contributed by atoms with Gasteiger partial charge in [0.25, 0.3) is 0 Å². The lowest BCUT2D eigenvalue weighted by atomic mass is 10.2. The van der Waals surface area contributed by atoms with Crippen LogP contribution >= 0.6 is 11.8 Å². The Labute approximate surface area is 54.7 Å². The van der Waals surface area contributed by atoms with E-state index in [9.17, 15) is 0 Å². The Bertz CT molecular complexity index is 122. The number of rotatable bonds is 1. The fourth-order valence-electron chi connectivity index (χ4n) is 0.745. The van der Waals surface area contributed by atoms with Gasteiger partial charge in [0.15, 0.2) is 0 Å². The van der Waals surface area contributed by atoms with Crippen LogP contribution < -0.4 is 0 Å². The molecule has 0 aromatic rings. The molecule has 0 aliphatic heterocycles. The molecular weight excluding hydrogens is 116 g/mol. The van der Waals surface area contributed by atoms with Crippen molar-refractivity contribution in [3.05, 3.63) is 23.1 Å². The largest absolute Gasteiger partial charge is 0.134 e. The third-order valence-electron chi connectivity index (χ3n) is 1.23. The predicted octanol–water partition coefficient (Wildman–Crippen LogP) is 2.58. The summed E-state index contributed by atoms with van der Waals surface area (Å²) < 4.78 is 0. The Morgan fingerprint density at radius 1 is 1.50 bits per heavy atom. The average molecular weight is 126 g/mol. The second-order valence-electron chi connectivity index (χ2n) is 1.79. The Morgan fingerprint density at radius 3 is 2.75 bits per heavy atom. The summed E-state index contributed by atoms with van der Waals surface area (Å²) in [5.41, 5.74) is 0. The molecule has 8 heavy (non-hydrogen) atoms. The summed E-state index contributed by atoms with van der Waals surface area (Å²) in [6.07, 6.45) is 11.1. The highest BCUT2D eigenvalue weighted by Crippen LogP contribution is 2.20. The van der Waals surface area contributed by atoms with Crippen molar-refractivity contribution in [2.45, 2.75) is 12.8 Å². The smallest absolute Gasteiger partial charge is 0.00404 e. The Hall–Kier alpha value is -0.170. The van der Waals surface area contributed by atoms with Crippen molar-refractivity contribution in [3.63, 3.8) is 0 Å². The van der Waals surface area contributed by atoms with Crippen LogP contribution in [-0.2, 0) is 0 Å². The molecule has 0 heterocycles. The van der Waals surface area contributed by atoms with Crippen LogP contribution in [0.5, 0.6) is 0 Å². The zero-order valence-electron chi connectivity index (χ0n) is 5.05. The van der Waals surface area contributed by atoms with E-state index in [-0.39, 0.29) is 0 Å². The molecule has 0 saturated carbocycles. The van der Waals surface area contributed by atoms with Gasteiger partial charge in [-0.15, -0.1) is 11.8 Å². The van der Waals surface area contributed by atoms with Gasteiger partial charge in [-0.05, 0) is 24.0 Å². The first-order chi connectivity index (χ1) is 3.93.